The molecule has 3 rings (SSSR count). The Morgan fingerprint density at radius 2 is 1.96 bits per heavy atom. The van der Waals surface area contributed by atoms with Crippen molar-refractivity contribution in [2.45, 2.75) is 82.9 Å². The molecular weight excluding hydrogens is 362 g/mol. The third kappa shape index (κ3) is 2.39. The molecule has 0 unspecified atom stereocenters. The van der Waals surface area contributed by atoms with E-state index < -0.39 is 51.7 Å². The maximum atomic E-state index is 13.5. The summed E-state index contributed by atoms with van der Waals surface area (Å²) in [6.07, 6.45) is 1.06. The Morgan fingerprint density at radius 1 is 1.36 bits per heavy atom. The summed E-state index contributed by atoms with van der Waals surface area (Å²) in [6.45, 7) is 12.6. The molecule has 4 N–H and O–H groups in total. The van der Waals surface area contributed by atoms with Crippen molar-refractivity contribution in [1.82, 2.24) is 0 Å². The highest BCUT2D eigenvalue weighted by atomic mass is 16.6. The number of hydrogen-bond donors (Lipinski definition) is 3. The van der Waals surface area contributed by atoms with Crippen LogP contribution in [0.25, 0.3) is 0 Å². The zero-order chi connectivity index (χ0) is 21.3. The van der Waals surface area contributed by atoms with Crippen molar-refractivity contribution in [1.29, 1.82) is 0 Å². The van der Waals surface area contributed by atoms with E-state index in [0.29, 0.717) is 18.4 Å². The second-order valence-corrected chi connectivity index (χ2v) is 9.61. The van der Waals surface area contributed by atoms with Crippen LogP contribution in [0.15, 0.2) is 24.3 Å². The van der Waals surface area contributed by atoms with Crippen LogP contribution >= 0.6 is 0 Å². The highest BCUT2D eigenvalue weighted by Gasteiger charge is 2.76. The monoisotopic (exact) mass is 393 g/mol. The molecule has 0 aromatic heterocycles. The van der Waals surface area contributed by atoms with Gasteiger partial charge in [0.2, 0.25) is 0 Å². The van der Waals surface area contributed by atoms with Gasteiger partial charge in [0, 0.05) is 6.42 Å². The Labute approximate surface area is 165 Å². The Hall–Kier alpha value is -1.70. The molecule has 2 aliphatic carbocycles. The van der Waals surface area contributed by atoms with Crippen LogP contribution in [-0.2, 0) is 14.3 Å². The van der Waals surface area contributed by atoms with Gasteiger partial charge in [-0.15, -0.1) is 6.58 Å². The predicted octanol–water partition coefficient (Wildman–Crippen LogP) is 2.00. The minimum atomic E-state index is -2.12. The zero-order valence-electron chi connectivity index (χ0n) is 17.2. The highest BCUT2D eigenvalue weighted by molar-refractivity contribution is 5.93. The van der Waals surface area contributed by atoms with Crippen LogP contribution in [0, 0.1) is 10.8 Å². The first kappa shape index (κ1) is 21.0. The molecule has 1 heterocycles. The molecule has 0 spiro atoms. The standard InChI is InChI=1S/C21H31NO6/c1-7-18(4)11-14(24)21(26)19(5)12(17(2,3)9-8-13(19)23)10-15(27-16(22)25)20(21,6)28-18/h7,10,13,15,23,26H,1,8-9,11H2,2-6H3,(H2,22,25)/t13-,15-,18-,19+,20+,21-/m0/s1. The fraction of sp³-hybridized carbons (Fsp3) is 0.714. The number of rotatable bonds is 2. The number of nitrogens with two attached hydrogens (primary N) is 1. The molecule has 6 atom stereocenters. The molecule has 1 saturated carbocycles. The van der Waals surface area contributed by atoms with Crippen molar-refractivity contribution in [3.63, 3.8) is 0 Å². The van der Waals surface area contributed by atoms with Crippen molar-refractivity contribution in [2.24, 2.45) is 16.6 Å². The first-order valence-corrected chi connectivity index (χ1v) is 9.64. The number of Topliss-reactive ketones (excluding diaryl/α,β-unsaturated/α-hetero) is 1. The molecule has 0 aromatic carbocycles. The largest absolute Gasteiger partial charge is 0.439 e. The number of ketones is 1. The fourth-order valence-corrected chi connectivity index (χ4v) is 5.72. The molecule has 0 bridgehead atoms. The molecule has 0 aromatic rings. The molecule has 1 aliphatic heterocycles. The van der Waals surface area contributed by atoms with E-state index in [-0.39, 0.29) is 6.42 Å². The summed E-state index contributed by atoms with van der Waals surface area (Å²) in [7, 11) is 0. The number of hydrogen-bond acceptors (Lipinski definition) is 6. The van der Waals surface area contributed by atoms with Crippen molar-refractivity contribution in [3.8, 4) is 0 Å². The van der Waals surface area contributed by atoms with Crippen molar-refractivity contribution >= 4 is 11.9 Å². The summed E-state index contributed by atoms with van der Waals surface area (Å²) in [6, 6.07) is 0. The van der Waals surface area contributed by atoms with Crippen molar-refractivity contribution < 1.29 is 29.3 Å². The molecule has 1 amide bonds. The second kappa shape index (κ2) is 5.90. The summed E-state index contributed by atoms with van der Waals surface area (Å²) in [4.78, 5) is 25.1. The van der Waals surface area contributed by atoms with Gasteiger partial charge < -0.3 is 25.4 Å². The Morgan fingerprint density at radius 3 is 2.50 bits per heavy atom. The van der Waals surface area contributed by atoms with Gasteiger partial charge in [-0.3, -0.25) is 4.79 Å². The lowest BCUT2D eigenvalue weighted by Crippen LogP contribution is -2.81. The van der Waals surface area contributed by atoms with E-state index in [1.165, 1.54) is 13.0 Å². The van der Waals surface area contributed by atoms with Crippen LogP contribution in [0.5, 0.6) is 0 Å². The maximum absolute atomic E-state index is 13.5. The SMILES string of the molecule is C=C[C@@]1(C)CC(=O)[C@@]2(O)[C@](C)(O1)[C@@H](OC(N)=O)C=C1C(C)(C)CC[C@H](O)[C@@]12C. The molecule has 156 valence electrons. The number of fused-ring (bicyclic) bond motifs is 3. The lowest BCUT2D eigenvalue weighted by atomic mass is 9.44. The van der Waals surface area contributed by atoms with Gasteiger partial charge in [0.1, 0.15) is 5.60 Å². The van der Waals surface area contributed by atoms with Gasteiger partial charge in [0.25, 0.3) is 0 Å². The number of aliphatic hydroxyl groups excluding tert-OH is 1. The number of primary amides is 1. The Kier molecular flexibility index (Phi) is 4.43. The molecule has 0 radical (unpaired) electrons. The van der Waals surface area contributed by atoms with Gasteiger partial charge >= 0.3 is 6.09 Å². The van der Waals surface area contributed by atoms with Crippen LogP contribution < -0.4 is 5.73 Å². The summed E-state index contributed by atoms with van der Waals surface area (Å²) < 4.78 is 11.6. The third-order valence-electron chi connectivity index (χ3n) is 7.36. The van der Waals surface area contributed by atoms with Gasteiger partial charge in [0.15, 0.2) is 17.5 Å². The van der Waals surface area contributed by atoms with E-state index in [4.69, 9.17) is 15.2 Å². The number of aliphatic hydroxyl groups is 2. The average Bonchev–Trinajstić information content (AvgIpc) is 2.57. The molecule has 28 heavy (non-hydrogen) atoms. The second-order valence-electron chi connectivity index (χ2n) is 9.61. The van der Waals surface area contributed by atoms with E-state index in [2.05, 4.69) is 6.58 Å². The lowest BCUT2D eigenvalue weighted by molar-refractivity contribution is -0.303. The van der Waals surface area contributed by atoms with Crippen LogP contribution in [0.3, 0.4) is 0 Å². The predicted molar refractivity (Wildman–Crippen MR) is 102 cm³/mol. The van der Waals surface area contributed by atoms with Gasteiger partial charge in [-0.1, -0.05) is 25.5 Å². The first-order valence-electron chi connectivity index (χ1n) is 9.64. The number of ether oxygens (including phenoxy) is 2. The Balaban J connectivity index is 2.35. The minimum absolute atomic E-state index is 0.109. The topological polar surface area (TPSA) is 119 Å². The molecule has 1 saturated heterocycles. The van der Waals surface area contributed by atoms with Gasteiger partial charge in [-0.25, -0.2) is 4.79 Å². The molecule has 3 aliphatic rings. The zero-order valence-corrected chi connectivity index (χ0v) is 17.2. The quantitative estimate of drug-likeness (QED) is 0.618. The van der Waals surface area contributed by atoms with Crippen LogP contribution in [0.1, 0.15) is 53.9 Å². The van der Waals surface area contributed by atoms with Crippen LogP contribution in [-0.4, -0.2) is 51.1 Å². The molecule has 2 fully saturated rings. The van der Waals surface area contributed by atoms with E-state index in [9.17, 15) is 19.8 Å². The first-order chi connectivity index (χ1) is 12.7. The van der Waals surface area contributed by atoms with E-state index in [1.54, 1.807) is 19.9 Å². The Bertz CT molecular complexity index is 775. The fourth-order valence-electron chi connectivity index (χ4n) is 5.72. The molecular formula is C21H31NO6. The van der Waals surface area contributed by atoms with Gasteiger partial charge in [-0.05, 0) is 45.1 Å². The lowest BCUT2D eigenvalue weighted by Gasteiger charge is -2.66. The summed E-state index contributed by atoms with van der Waals surface area (Å²) >= 11 is 0. The summed E-state index contributed by atoms with van der Waals surface area (Å²) in [5.74, 6) is -0.480. The molecule has 7 nitrogen and oxygen atoms in total. The van der Waals surface area contributed by atoms with Gasteiger partial charge in [-0.2, -0.15) is 0 Å². The maximum Gasteiger partial charge on any atom is 0.405 e. The average molecular weight is 393 g/mol. The normalized spacial score (nSPS) is 47.4. The van der Waals surface area contributed by atoms with Crippen molar-refractivity contribution in [3.05, 3.63) is 24.3 Å². The van der Waals surface area contributed by atoms with Crippen molar-refractivity contribution in [2.75, 3.05) is 0 Å². The number of amides is 1. The smallest absolute Gasteiger partial charge is 0.405 e. The third-order valence-corrected chi connectivity index (χ3v) is 7.36. The summed E-state index contributed by atoms with van der Waals surface area (Å²) in [5, 5.41) is 23.1. The number of carbonyl (C=O) groups is 2. The van der Waals surface area contributed by atoms with E-state index >= 15 is 0 Å². The number of carbonyl (C=O) groups excluding carboxylic acids is 2. The van der Waals surface area contributed by atoms with E-state index in [1.807, 2.05) is 13.8 Å². The van der Waals surface area contributed by atoms with E-state index in [0.717, 1.165) is 0 Å². The molecule has 7 heteroatoms. The minimum Gasteiger partial charge on any atom is -0.439 e. The van der Waals surface area contributed by atoms with Crippen LogP contribution in [0.4, 0.5) is 4.79 Å². The van der Waals surface area contributed by atoms with Crippen LogP contribution in [0.2, 0.25) is 0 Å². The van der Waals surface area contributed by atoms with Gasteiger partial charge in [0.05, 0.1) is 17.1 Å². The summed E-state index contributed by atoms with van der Waals surface area (Å²) in [5.41, 5.74) is -0.608. The highest BCUT2D eigenvalue weighted by Crippen LogP contribution is 2.64.